The smallest absolute Gasteiger partial charge is 0.277 e. The molecule has 0 unspecified atom stereocenters. The van der Waals surface area contributed by atoms with Gasteiger partial charge in [0.25, 0.3) is 12.3 Å². The molecule has 2 aromatic rings. The summed E-state index contributed by atoms with van der Waals surface area (Å²) >= 11 is 0. The van der Waals surface area contributed by atoms with E-state index in [-0.39, 0.29) is 17.3 Å². The quantitative estimate of drug-likeness (QED) is 0.907. The van der Waals surface area contributed by atoms with Crippen LogP contribution in [0.3, 0.4) is 0 Å². The molecule has 122 valence electrons. The first-order valence-electron chi connectivity index (χ1n) is 7.45. The van der Waals surface area contributed by atoms with E-state index >= 15 is 0 Å². The van der Waals surface area contributed by atoms with Gasteiger partial charge in [0.15, 0.2) is 5.69 Å². The molecule has 1 aliphatic rings. The molecule has 1 amide bonds. The van der Waals surface area contributed by atoms with Crippen molar-refractivity contribution in [1.82, 2.24) is 20.3 Å². The average molecular weight is 321 g/mol. The summed E-state index contributed by atoms with van der Waals surface area (Å²) in [5.41, 5.74) is 0.344. The zero-order valence-corrected chi connectivity index (χ0v) is 12.4. The molecule has 2 heterocycles. The van der Waals surface area contributed by atoms with Crippen LogP contribution in [-0.2, 0) is 0 Å². The number of benzene rings is 1. The molecule has 1 saturated heterocycles. The van der Waals surface area contributed by atoms with E-state index < -0.39 is 12.3 Å². The van der Waals surface area contributed by atoms with E-state index in [1.54, 1.807) is 16.9 Å². The highest BCUT2D eigenvalue weighted by Gasteiger charge is 2.19. The van der Waals surface area contributed by atoms with Crippen molar-refractivity contribution in [2.75, 3.05) is 18.4 Å². The maximum absolute atomic E-state index is 12.7. The third kappa shape index (κ3) is 3.70. The summed E-state index contributed by atoms with van der Waals surface area (Å²) in [6.45, 7) is 1.82. The van der Waals surface area contributed by atoms with Gasteiger partial charge in [-0.2, -0.15) is 0 Å². The van der Waals surface area contributed by atoms with E-state index in [2.05, 4.69) is 20.9 Å². The molecule has 0 bridgehead atoms. The molecule has 1 fully saturated rings. The van der Waals surface area contributed by atoms with Gasteiger partial charge in [-0.15, -0.1) is 5.10 Å². The van der Waals surface area contributed by atoms with Gasteiger partial charge in [0.05, 0.1) is 12.2 Å². The SMILES string of the molecule is O=C(Nc1cccc(C(F)F)c1)c1cn(C2CCNCC2)nn1. The number of alkyl halides is 2. The van der Waals surface area contributed by atoms with Crippen molar-refractivity contribution in [1.29, 1.82) is 0 Å². The molecular formula is C15H17F2N5O. The summed E-state index contributed by atoms with van der Waals surface area (Å²) in [6, 6.07) is 5.82. The molecular weight excluding hydrogens is 304 g/mol. The molecule has 0 saturated carbocycles. The van der Waals surface area contributed by atoms with Gasteiger partial charge in [0.2, 0.25) is 0 Å². The Balaban J connectivity index is 1.68. The number of halogens is 2. The third-order valence-electron chi connectivity index (χ3n) is 3.82. The van der Waals surface area contributed by atoms with Crippen LogP contribution in [0.15, 0.2) is 30.5 Å². The molecule has 2 N–H and O–H groups in total. The fourth-order valence-electron chi connectivity index (χ4n) is 2.58. The third-order valence-corrected chi connectivity index (χ3v) is 3.82. The lowest BCUT2D eigenvalue weighted by molar-refractivity contribution is 0.102. The van der Waals surface area contributed by atoms with Crippen molar-refractivity contribution in [2.24, 2.45) is 0 Å². The van der Waals surface area contributed by atoms with Crippen LogP contribution in [0.1, 0.15) is 41.4 Å². The highest BCUT2D eigenvalue weighted by molar-refractivity contribution is 6.02. The summed E-state index contributed by atoms with van der Waals surface area (Å²) in [4.78, 5) is 12.2. The van der Waals surface area contributed by atoms with Gasteiger partial charge < -0.3 is 10.6 Å². The Morgan fingerprint density at radius 3 is 2.87 bits per heavy atom. The number of amides is 1. The molecule has 6 nitrogen and oxygen atoms in total. The lowest BCUT2D eigenvalue weighted by Crippen LogP contribution is -2.29. The Labute approximate surface area is 131 Å². The molecule has 1 aromatic heterocycles. The summed E-state index contributed by atoms with van der Waals surface area (Å²) in [6.07, 6.45) is 0.886. The maximum Gasteiger partial charge on any atom is 0.277 e. The lowest BCUT2D eigenvalue weighted by Gasteiger charge is -2.22. The Morgan fingerprint density at radius 2 is 2.13 bits per heavy atom. The fourth-order valence-corrected chi connectivity index (χ4v) is 2.58. The van der Waals surface area contributed by atoms with Gasteiger partial charge in [-0.25, -0.2) is 13.5 Å². The minimum Gasteiger partial charge on any atom is -0.321 e. The Hall–Kier alpha value is -2.35. The summed E-state index contributed by atoms with van der Waals surface area (Å²) in [5.74, 6) is -0.461. The highest BCUT2D eigenvalue weighted by atomic mass is 19.3. The predicted molar refractivity (Wildman–Crippen MR) is 80.5 cm³/mol. The molecule has 0 spiro atoms. The highest BCUT2D eigenvalue weighted by Crippen LogP contribution is 2.22. The van der Waals surface area contributed by atoms with E-state index in [0.29, 0.717) is 5.69 Å². The number of hydrogen-bond donors (Lipinski definition) is 2. The number of aromatic nitrogens is 3. The van der Waals surface area contributed by atoms with Gasteiger partial charge in [-0.1, -0.05) is 17.3 Å². The zero-order valence-electron chi connectivity index (χ0n) is 12.4. The van der Waals surface area contributed by atoms with Gasteiger partial charge in [0, 0.05) is 11.3 Å². The molecule has 0 aliphatic carbocycles. The number of rotatable bonds is 4. The standard InChI is InChI=1S/C15H17F2N5O/c16-14(17)10-2-1-3-11(8-10)19-15(23)13-9-22(21-20-13)12-4-6-18-7-5-12/h1-3,8-9,12,14,18H,4-7H2,(H,19,23). The second kappa shape index (κ2) is 6.82. The maximum atomic E-state index is 12.7. The second-order valence-corrected chi connectivity index (χ2v) is 5.45. The minimum atomic E-state index is -2.58. The second-order valence-electron chi connectivity index (χ2n) is 5.45. The van der Waals surface area contributed by atoms with Gasteiger partial charge in [-0.3, -0.25) is 4.79 Å². The van der Waals surface area contributed by atoms with E-state index in [1.165, 1.54) is 18.2 Å². The number of carbonyl (C=O) groups is 1. The van der Waals surface area contributed by atoms with Gasteiger partial charge in [-0.05, 0) is 38.1 Å². The van der Waals surface area contributed by atoms with E-state index in [1.807, 2.05) is 0 Å². The first kappa shape index (κ1) is 15.5. The Bertz CT molecular complexity index is 682. The largest absolute Gasteiger partial charge is 0.321 e. The first-order chi connectivity index (χ1) is 11.1. The Morgan fingerprint density at radius 1 is 1.35 bits per heavy atom. The number of anilines is 1. The van der Waals surface area contributed by atoms with Crippen LogP contribution < -0.4 is 10.6 Å². The summed E-state index contributed by atoms with van der Waals surface area (Å²) in [7, 11) is 0. The summed E-state index contributed by atoms with van der Waals surface area (Å²) < 4.78 is 27.0. The molecule has 0 radical (unpaired) electrons. The van der Waals surface area contributed by atoms with Crippen LogP contribution in [-0.4, -0.2) is 34.0 Å². The Kier molecular flexibility index (Phi) is 4.61. The molecule has 23 heavy (non-hydrogen) atoms. The molecule has 1 aliphatic heterocycles. The van der Waals surface area contributed by atoms with Crippen LogP contribution in [0.25, 0.3) is 0 Å². The van der Waals surface area contributed by atoms with Crippen LogP contribution >= 0.6 is 0 Å². The summed E-state index contributed by atoms with van der Waals surface area (Å²) in [5, 5.41) is 13.7. The molecule has 3 rings (SSSR count). The van der Waals surface area contributed by atoms with Crippen molar-refractivity contribution in [3.05, 3.63) is 41.7 Å². The zero-order chi connectivity index (χ0) is 16.2. The van der Waals surface area contributed by atoms with Crippen LogP contribution in [0.5, 0.6) is 0 Å². The van der Waals surface area contributed by atoms with Crippen molar-refractivity contribution >= 4 is 11.6 Å². The monoisotopic (exact) mass is 321 g/mol. The normalized spacial score (nSPS) is 15.8. The average Bonchev–Trinajstić information content (AvgIpc) is 3.06. The van der Waals surface area contributed by atoms with Crippen LogP contribution in [0.4, 0.5) is 14.5 Å². The van der Waals surface area contributed by atoms with Crippen molar-refractivity contribution < 1.29 is 13.6 Å². The molecule has 1 aromatic carbocycles. The van der Waals surface area contributed by atoms with Gasteiger partial charge >= 0.3 is 0 Å². The first-order valence-corrected chi connectivity index (χ1v) is 7.45. The van der Waals surface area contributed by atoms with Gasteiger partial charge in [0.1, 0.15) is 0 Å². The number of hydrogen-bond acceptors (Lipinski definition) is 4. The van der Waals surface area contributed by atoms with Crippen molar-refractivity contribution in [2.45, 2.75) is 25.3 Å². The van der Waals surface area contributed by atoms with Crippen molar-refractivity contribution in [3.8, 4) is 0 Å². The number of carbonyl (C=O) groups excluding carboxylic acids is 1. The van der Waals surface area contributed by atoms with E-state index in [0.717, 1.165) is 25.9 Å². The lowest BCUT2D eigenvalue weighted by atomic mass is 10.1. The number of nitrogens with zero attached hydrogens (tertiary/aromatic N) is 3. The topological polar surface area (TPSA) is 71.8 Å². The minimum absolute atomic E-state index is 0.138. The molecule has 0 atom stereocenters. The van der Waals surface area contributed by atoms with Crippen molar-refractivity contribution in [3.63, 3.8) is 0 Å². The number of nitrogens with one attached hydrogen (secondary N) is 2. The van der Waals surface area contributed by atoms with Crippen LogP contribution in [0, 0.1) is 0 Å². The molecule has 8 heteroatoms. The van der Waals surface area contributed by atoms with E-state index in [9.17, 15) is 13.6 Å². The van der Waals surface area contributed by atoms with E-state index in [4.69, 9.17) is 0 Å². The fraction of sp³-hybridized carbons (Fsp3) is 0.400. The van der Waals surface area contributed by atoms with Crippen LogP contribution in [0.2, 0.25) is 0 Å². The number of piperidine rings is 1. The predicted octanol–water partition coefficient (Wildman–Crippen LogP) is 2.39.